The summed E-state index contributed by atoms with van der Waals surface area (Å²) in [7, 11) is 0. The molecule has 2 atom stereocenters. The molecular formula is C54H94N2O5. The first-order valence-electron chi connectivity index (χ1n) is 25.3. The number of carboxylic acids is 1. The molecule has 0 aliphatic heterocycles. The lowest BCUT2D eigenvalue weighted by Crippen LogP contribution is -2.40. The molecule has 0 spiro atoms. The Bertz CT molecular complexity index is 1190. The fourth-order valence-corrected chi connectivity index (χ4v) is 7.28. The second-order valence-corrected chi connectivity index (χ2v) is 16.9. The summed E-state index contributed by atoms with van der Waals surface area (Å²) in [5.74, 6) is -1.27. The molecule has 0 aromatic heterocycles. The second-order valence-electron chi connectivity index (χ2n) is 16.9. The Kier molecular flexibility index (Phi) is 45.3. The first-order valence-corrected chi connectivity index (χ1v) is 25.3. The van der Waals surface area contributed by atoms with Crippen LogP contribution in [0, 0.1) is 0 Å². The van der Waals surface area contributed by atoms with Crippen LogP contribution in [-0.2, 0) is 19.1 Å². The van der Waals surface area contributed by atoms with Gasteiger partial charge in [-0.15, -0.1) is 0 Å². The Morgan fingerprint density at radius 1 is 0.492 bits per heavy atom. The Hall–Kier alpha value is -3.19. The molecule has 0 fully saturated rings. The van der Waals surface area contributed by atoms with Gasteiger partial charge in [-0.3, -0.25) is 9.59 Å². The van der Waals surface area contributed by atoms with Crippen LogP contribution in [0.15, 0.2) is 72.9 Å². The zero-order valence-electron chi connectivity index (χ0n) is 39.5. The van der Waals surface area contributed by atoms with Gasteiger partial charge in [-0.25, -0.2) is 4.79 Å². The van der Waals surface area contributed by atoms with Crippen molar-refractivity contribution in [2.24, 2.45) is 5.73 Å². The molecule has 4 N–H and O–H groups in total. The van der Waals surface area contributed by atoms with Gasteiger partial charge in [0.1, 0.15) is 12.1 Å². The van der Waals surface area contributed by atoms with E-state index in [2.05, 4.69) is 92.1 Å². The number of unbranched alkanes of at least 4 members (excludes halogenated alkanes) is 19. The summed E-state index contributed by atoms with van der Waals surface area (Å²) in [4.78, 5) is 36.5. The molecule has 7 heteroatoms. The highest BCUT2D eigenvalue weighted by Gasteiger charge is 2.19. The van der Waals surface area contributed by atoms with Crippen molar-refractivity contribution in [3.63, 3.8) is 0 Å². The molecule has 0 aromatic rings. The number of amides is 1. The largest absolute Gasteiger partial charge is 0.480 e. The highest BCUT2D eigenvalue weighted by molar-refractivity contribution is 5.83. The summed E-state index contributed by atoms with van der Waals surface area (Å²) in [6.45, 7) is 4.84. The minimum absolute atomic E-state index is 0.0135. The fraction of sp³-hybridized carbons (Fsp3) is 0.722. The molecular weight excluding hydrogens is 757 g/mol. The van der Waals surface area contributed by atoms with Crippen LogP contribution in [0.2, 0.25) is 0 Å². The van der Waals surface area contributed by atoms with Crippen LogP contribution >= 0.6 is 0 Å². The topological polar surface area (TPSA) is 119 Å². The van der Waals surface area contributed by atoms with Gasteiger partial charge in [0, 0.05) is 12.8 Å². The molecule has 0 rings (SSSR count). The third-order valence-corrected chi connectivity index (χ3v) is 11.0. The Balaban J connectivity index is 4.39. The third-order valence-electron chi connectivity index (χ3n) is 11.0. The summed E-state index contributed by atoms with van der Waals surface area (Å²) in [5, 5.41) is 12.0. The van der Waals surface area contributed by atoms with E-state index in [1.165, 1.54) is 83.5 Å². The number of esters is 1. The van der Waals surface area contributed by atoms with E-state index in [0.29, 0.717) is 32.2 Å². The minimum atomic E-state index is -1.01. The number of nitrogens with two attached hydrogens (primary N) is 1. The van der Waals surface area contributed by atoms with Gasteiger partial charge in [-0.05, 0) is 109 Å². The zero-order chi connectivity index (χ0) is 44.5. The lowest BCUT2D eigenvalue weighted by atomic mass is 10.0. The number of hydrogen-bond acceptors (Lipinski definition) is 5. The Morgan fingerprint density at radius 2 is 0.902 bits per heavy atom. The van der Waals surface area contributed by atoms with E-state index < -0.39 is 12.0 Å². The normalized spacial score (nSPS) is 13.2. The molecule has 0 aromatic carbocycles. The summed E-state index contributed by atoms with van der Waals surface area (Å²) in [6.07, 6.45) is 62.4. The van der Waals surface area contributed by atoms with E-state index in [4.69, 9.17) is 10.5 Å². The number of carbonyl (C=O) groups is 3. The molecule has 0 aliphatic carbocycles. The predicted molar refractivity (Wildman–Crippen MR) is 262 cm³/mol. The van der Waals surface area contributed by atoms with E-state index in [-0.39, 0.29) is 18.0 Å². The molecule has 61 heavy (non-hydrogen) atoms. The minimum Gasteiger partial charge on any atom is -0.480 e. The standard InChI is InChI=1S/C54H94N2O5/c1-3-5-7-9-11-13-15-17-19-20-21-22-23-24-25-27-29-31-33-38-42-48-53(58)61-50(44-39-35-32-30-28-26-18-16-14-12-10-8-6-4-2)45-40-36-34-37-41-47-52(57)56-51(54(59)60)46-43-49-55/h5,7,11,13,17,19,21-22,24-25,29,31,50-51H,3-4,6,8-10,12,14-16,18,20,23,26-28,30,32-49,55H2,1-2H3,(H,56,57)(H,59,60)/b7-5-,13-11-,19-17-,22-21-,25-24-,31-29-. The number of rotatable bonds is 45. The van der Waals surface area contributed by atoms with Crippen molar-refractivity contribution in [1.82, 2.24) is 5.32 Å². The maximum atomic E-state index is 12.9. The monoisotopic (exact) mass is 851 g/mol. The van der Waals surface area contributed by atoms with E-state index in [1.54, 1.807) is 0 Å². The predicted octanol–water partition coefficient (Wildman–Crippen LogP) is 15.1. The molecule has 0 saturated heterocycles. The van der Waals surface area contributed by atoms with E-state index in [9.17, 15) is 19.5 Å². The molecule has 0 bridgehead atoms. The number of nitrogens with one attached hydrogen (secondary N) is 1. The lowest BCUT2D eigenvalue weighted by molar-refractivity contribution is -0.150. The molecule has 1 amide bonds. The molecule has 7 nitrogen and oxygen atoms in total. The van der Waals surface area contributed by atoms with Crippen molar-refractivity contribution in [3.8, 4) is 0 Å². The first-order chi connectivity index (χ1) is 29.9. The summed E-state index contributed by atoms with van der Waals surface area (Å²) in [5.41, 5.74) is 5.50. The number of hydrogen-bond donors (Lipinski definition) is 3. The third kappa shape index (κ3) is 44.7. The average molecular weight is 851 g/mol. The summed E-state index contributed by atoms with van der Waals surface area (Å²) in [6, 6.07) is -0.863. The van der Waals surface area contributed by atoms with Gasteiger partial charge >= 0.3 is 11.9 Å². The summed E-state index contributed by atoms with van der Waals surface area (Å²) < 4.78 is 6.06. The molecule has 2 unspecified atom stereocenters. The molecule has 0 heterocycles. The fourth-order valence-electron chi connectivity index (χ4n) is 7.28. The van der Waals surface area contributed by atoms with Crippen molar-refractivity contribution in [2.45, 2.75) is 244 Å². The first kappa shape index (κ1) is 57.8. The quantitative estimate of drug-likeness (QED) is 0.0319. The molecule has 0 saturated carbocycles. The number of aliphatic carboxylic acids is 1. The van der Waals surface area contributed by atoms with Crippen molar-refractivity contribution < 1.29 is 24.2 Å². The van der Waals surface area contributed by atoms with Gasteiger partial charge in [-0.1, -0.05) is 189 Å². The summed E-state index contributed by atoms with van der Waals surface area (Å²) >= 11 is 0. The van der Waals surface area contributed by atoms with Gasteiger partial charge in [0.15, 0.2) is 0 Å². The Morgan fingerprint density at radius 3 is 1.34 bits per heavy atom. The van der Waals surface area contributed by atoms with Crippen LogP contribution in [-0.4, -0.2) is 41.6 Å². The zero-order valence-corrected chi connectivity index (χ0v) is 39.5. The van der Waals surface area contributed by atoms with E-state index in [1.807, 2.05) is 0 Å². The van der Waals surface area contributed by atoms with Crippen LogP contribution in [0.5, 0.6) is 0 Å². The van der Waals surface area contributed by atoms with Crippen LogP contribution in [0.3, 0.4) is 0 Å². The Labute approximate surface area is 375 Å². The number of ether oxygens (including phenoxy) is 1. The van der Waals surface area contributed by atoms with Crippen molar-refractivity contribution >= 4 is 17.8 Å². The van der Waals surface area contributed by atoms with Gasteiger partial charge in [0.2, 0.25) is 5.91 Å². The van der Waals surface area contributed by atoms with Crippen LogP contribution in [0.1, 0.15) is 232 Å². The van der Waals surface area contributed by atoms with E-state index in [0.717, 1.165) is 109 Å². The number of carboxylic acid groups (broad SMARTS) is 1. The lowest BCUT2D eigenvalue weighted by Gasteiger charge is -2.18. The molecule has 0 aliphatic rings. The van der Waals surface area contributed by atoms with Gasteiger partial charge in [0.25, 0.3) is 0 Å². The molecule has 350 valence electrons. The van der Waals surface area contributed by atoms with Gasteiger partial charge in [-0.2, -0.15) is 0 Å². The van der Waals surface area contributed by atoms with Crippen LogP contribution in [0.25, 0.3) is 0 Å². The van der Waals surface area contributed by atoms with Crippen LogP contribution in [0.4, 0.5) is 0 Å². The van der Waals surface area contributed by atoms with Gasteiger partial charge in [0.05, 0.1) is 0 Å². The number of carbonyl (C=O) groups excluding carboxylic acids is 2. The average Bonchev–Trinajstić information content (AvgIpc) is 3.25. The van der Waals surface area contributed by atoms with Gasteiger partial charge < -0.3 is 20.9 Å². The van der Waals surface area contributed by atoms with Crippen molar-refractivity contribution in [2.75, 3.05) is 6.54 Å². The number of allylic oxidation sites excluding steroid dienone is 12. The van der Waals surface area contributed by atoms with Crippen molar-refractivity contribution in [1.29, 1.82) is 0 Å². The van der Waals surface area contributed by atoms with Crippen LogP contribution < -0.4 is 11.1 Å². The molecule has 0 radical (unpaired) electrons. The van der Waals surface area contributed by atoms with Crippen molar-refractivity contribution in [3.05, 3.63) is 72.9 Å². The smallest absolute Gasteiger partial charge is 0.326 e. The van der Waals surface area contributed by atoms with E-state index >= 15 is 0 Å². The SMILES string of the molecule is CC/C=C\C/C=C\C/C=C\C/C=C\C/C=C\C/C=C\CCCCC(=O)OC(CCCCCCCCCCCCCCCC)CCCCCCCC(=O)NC(CCCN)C(=O)O. The highest BCUT2D eigenvalue weighted by atomic mass is 16.5. The maximum absolute atomic E-state index is 12.9. The highest BCUT2D eigenvalue weighted by Crippen LogP contribution is 2.19. The maximum Gasteiger partial charge on any atom is 0.326 e. The second kappa shape index (κ2) is 47.9.